The van der Waals surface area contributed by atoms with Gasteiger partial charge in [0.25, 0.3) is 0 Å². The van der Waals surface area contributed by atoms with Gasteiger partial charge in [-0.05, 0) is 93.3 Å². The second-order valence-electron chi connectivity index (χ2n) is 12.7. The molecule has 0 atom stereocenters. The number of hydrogen-bond acceptors (Lipinski definition) is 0. The highest BCUT2D eigenvalue weighted by Gasteiger charge is 2.13. The highest BCUT2D eigenvalue weighted by Crippen LogP contribution is 2.34. The van der Waals surface area contributed by atoms with E-state index in [1.807, 2.05) is 0 Å². The summed E-state index contributed by atoms with van der Waals surface area (Å²) in [6.45, 7) is 0. The van der Waals surface area contributed by atoms with Crippen molar-refractivity contribution in [3.8, 4) is 11.4 Å². The van der Waals surface area contributed by atoms with Crippen LogP contribution < -0.4 is 0 Å². The Morgan fingerprint density at radius 3 is 0.979 bits per heavy atom. The third-order valence-corrected chi connectivity index (χ3v) is 9.84. The second kappa shape index (κ2) is 10.6. The fraction of sp³-hybridized carbons (Fsp3) is 0. The normalized spacial score (nSPS) is 12.1. The highest BCUT2D eigenvalue weighted by molar-refractivity contribution is 6.10. The molecular weight excluding hydrogens is 581 g/mol. The molecule has 0 amide bonds. The van der Waals surface area contributed by atoms with Crippen LogP contribution in [0.25, 0.3) is 88.7 Å². The van der Waals surface area contributed by atoms with Crippen molar-refractivity contribution in [2.24, 2.45) is 0 Å². The number of para-hydroxylation sites is 4. The lowest BCUT2D eigenvalue weighted by molar-refractivity contribution is 1.19. The quantitative estimate of drug-likeness (QED) is 0.175. The van der Waals surface area contributed by atoms with Gasteiger partial charge in [-0.1, -0.05) is 121 Å². The third-order valence-electron chi connectivity index (χ3n) is 9.84. The molecule has 0 bridgehead atoms. The molecule has 0 spiro atoms. The van der Waals surface area contributed by atoms with Gasteiger partial charge in [0.15, 0.2) is 0 Å². The Hall–Kier alpha value is -6.38. The molecule has 10 aromatic rings. The minimum atomic E-state index is 1.18. The molecule has 2 heteroatoms. The van der Waals surface area contributed by atoms with E-state index in [-0.39, 0.29) is 0 Å². The van der Waals surface area contributed by atoms with E-state index in [0.717, 1.165) is 0 Å². The van der Waals surface area contributed by atoms with Gasteiger partial charge in [0.1, 0.15) is 0 Å². The summed E-state index contributed by atoms with van der Waals surface area (Å²) < 4.78 is 4.76. The number of hydrogen-bond donors (Lipinski definition) is 0. The molecule has 0 N–H and O–H groups in total. The lowest BCUT2D eigenvalue weighted by atomic mass is 10.0. The Morgan fingerprint density at radius 1 is 0.292 bits per heavy atom. The molecule has 0 aliphatic heterocycles. The van der Waals surface area contributed by atoms with E-state index in [9.17, 15) is 0 Å². The number of rotatable bonds is 4. The van der Waals surface area contributed by atoms with Gasteiger partial charge in [0.2, 0.25) is 0 Å². The first-order valence-electron chi connectivity index (χ1n) is 16.5. The summed E-state index contributed by atoms with van der Waals surface area (Å²) in [5.41, 5.74) is 9.67. The van der Waals surface area contributed by atoms with Gasteiger partial charge >= 0.3 is 0 Å². The molecule has 48 heavy (non-hydrogen) atoms. The predicted octanol–water partition coefficient (Wildman–Crippen LogP) is 12.4. The largest absolute Gasteiger partial charge is 0.309 e. The summed E-state index contributed by atoms with van der Waals surface area (Å²) in [7, 11) is 0. The number of benzene rings is 8. The molecular formula is C46H30N2. The summed E-state index contributed by atoms with van der Waals surface area (Å²) in [5.74, 6) is 0. The van der Waals surface area contributed by atoms with Crippen molar-refractivity contribution in [3.63, 3.8) is 0 Å². The van der Waals surface area contributed by atoms with E-state index in [4.69, 9.17) is 0 Å². The van der Waals surface area contributed by atoms with Crippen LogP contribution in [0.1, 0.15) is 11.1 Å². The molecule has 0 fully saturated rings. The molecule has 10 rings (SSSR count). The van der Waals surface area contributed by atoms with E-state index in [0.29, 0.717) is 0 Å². The average molecular weight is 611 g/mol. The van der Waals surface area contributed by atoms with Crippen molar-refractivity contribution in [1.82, 2.24) is 9.13 Å². The predicted molar refractivity (Wildman–Crippen MR) is 206 cm³/mol. The van der Waals surface area contributed by atoms with Gasteiger partial charge in [-0.25, -0.2) is 0 Å². The van der Waals surface area contributed by atoms with Crippen molar-refractivity contribution >= 4 is 77.3 Å². The van der Waals surface area contributed by atoms with Crippen LogP contribution in [-0.4, -0.2) is 9.13 Å². The fourth-order valence-electron chi connectivity index (χ4n) is 7.58. The Bertz CT molecular complexity index is 2590. The zero-order valence-electron chi connectivity index (χ0n) is 26.2. The lowest BCUT2D eigenvalue weighted by Crippen LogP contribution is -1.93. The maximum absolute atomic E-state index is 2.38. The lowest BCUT2D eigenvalue weighted by Gasteiger charge is -2.10. The van der Waals surface area contributed by atoms with Crippen LogP contribution in [0.2, 0.25) is 0 Å². The van der Waals surface area contributed by atoms with Crippen LogP contribution in [0.15, 0.2) is 170 Å². The Balaban J connectivity index is 0.965. The first-order valence-corrected chi connectivity index (χ1v) is 16.5. The zero-order chi connectivity index (χ0) is 31.6. The topological polar surface area (TPSA) is 9.86 Å². The number of nitrogens with zero attached hydrogens (tertiary/aromatic N) is 2. The van der Waals surface area contributed by atoms with Crippen molar-refractivity contribution in [3.05, 3.63) is 181 Å². The second-order valence-corrected chi connectivity index (χ2v) is 12.7. The van der Waals surface area contributed by atoms with Crippen LogP contribution in [0, 0.1) is 0 Å². The molecule has 0 radical (unpaired) electrons. The molecule has 0 saturated carbocycles. The summed E-state index contributed by atoms with van der Waals surface area (Å²) in [6.07, 6.45) is 4.43. The van der Waals surface area contributed by atoms with Gasteiger partial charge in [0.05, 0.1) is 22.1 Å². The number of aromatic nitrogens is 2. The monoisotopic (exact) mass is 610 g/mol. The van der Waals surface area contributed by atoms with E-state index < -0.39 is 0 Å². The van der Waals surface area contributed by atoms with Crippen LogP contribution >= 0.6 is 0 Å². The van der Waals surface area contributed by atoms with Crippen LogP contribution in [0.3, 0.4) is 0 Å². The molecule has 0 aliphatic rings. The van der Waals surface area contributed by atoms with E-state index >= 15 is 0 Å². The number of fused-ring (bicyclic) bond motifs is 8. The molecule has 224 valence electrons. The molecule has 2 nitrogen and oxygen atoms in total. The smallest absolute Gasteiger partial charge is 0.0541 e. The molecule has 2 heterocycles. The van der Waals surface area contributed by atoms with Gasteiger partial charge in [-0.15, -0.1) is 0 Å². The maximum Gasteiger partial charge on any atom is 0.0541 e. The molecule has 2 aromatic heterocycles. The minimum absolute atomic E-state index is 1.18. The van der Waals surface area contributed by atoms with Crippen molar-refractivity contribution in [2.75, 3.05) is 0 Å². The summed E-state index contributed by atoms with van der Waals surface area (Å²) in [5, 5.41) is 10.1. The summed E-state index contributed by atoms with van der Waals surface area (Å²) >= 11 is 0. The molecule has 0 aliphatic carbocycles. The average Bonchev–Trinajstić information content (AvgIpc) is 3.67. The molecule has 0 unspecified atom stereocenters. The summed E-state index contributed by atoms with van der Waals surface area (Å²) in [6, 6.07) is 61.7. The fourth-order valence-corrected chi connectivity index (χ4v) is 7.58. The first kappa shape index (κ1) is 26.8. The Morgan fingerprint density at radius 2 is 0.604 bits per heavy atom. The third kappa shape index (κ3) is 4.20. The van der Waals surface area contributed by atoms with E-state index in [1.165, 1.54) is 87.7 Å². The molecule has 8 aromatic carbocycles. The van der Waals surface area contributed by atoms with Gasteiger partial charge < -0.3 is 9.13 Å². The minimum Gasteiger partial charge on any atom is -0.309 e. The van der Waals surface area contributed by atoms with Crippen molar-refractivity contribution < 1.29 is 0 Å². The van der Waals surface area contributed by atoms with E-state index in [1.54, 1.807) is 0 Å². The van der Waals surface area contributed by atoms with Gasteiger partial charge in [-0.2, -0.15) is 0 Å². The SMILES string of the molecule is C(=Cc1ccc2cc(-n3c4ccccc4c4ccccc43)ccc2c1)c1ccc2cc(-n3c4ccccc4c4ccccc43)ccc2c1. The summed E-state index contributed by atoms with van der Waals surface area (Å²) in [4.78, 5) is 0. The van der Waals surface area contributed by atoms with Gasteiger partial charge in [0, 0.05) is 32.9 Å². The first-order chi connectivity index (χ1) is 23.8. The Kier molecular flexibility index (Phi) is 5.91. The zero-order valence-corrected chi connectivity index (χ0v) is 26.2. The van der Waals surface area contributed by atoms with Crippen LogP contribution in [-0.2, 0) is 0 Å². The Labute approximate surface area is 278 Å². The van der Waals surface area contributed by atoms with Gasteiger partial charge in [-0.3, -0.25) is 0 Å². The molecule has 0 saturated heterocycles. The maximum atomic E-state index is 2.38. The van der Waals surface area contributed by atoms with E-state index in [2.05, 4.69) is 191 Å². The standard InChI is InChI=1S/C46H30N2/c1-5-13-43-39(9-1)40-10-2-6-14-44(40)47(43)37-25-23-33-27-31(19-21-35(33)29-37)17-18-32-20-22-36-30-38(26-24-34(36)28-32)48-45-15-7-3-11-41(45)42-12-4-8-16-46(42)48/h1-30H. The van der Waals surface area contributed by atoms with Crippen molar-refractivity contribution in [1.29, 1.82) is 0 Å². The highest BCUT2D eigenvalue weighted by atomic mass is 15.0. The van der Waals surface area contributed by atoms with Crippen molar-refractivity contribution in [2.45, 2.75) is 0 Å². The van der Waals surface area contributed by atoms with Crippen LogP contribution in [0.5, 0.6) is 0 Å². The van der Waals surface area contributed by atoms with Crippen LogP contribution in [0.4, 0.5) is 0 Å².